The minimum absolute atomic E-state index is 0. The van der Waals surface area contributed by atoms with E-state index in [0.29, 0.717) is 5.82 Å². The Kier molecular flexibility index (Phi) is 9.43. The summed E-state index contributed by atoms with van der Waals surface area (Å²) < 4.78 is 2.24. The summed E-state index contributed by atoms with van der Waals surface area (Å²) in [6.45, 7) is 9.22. The van der Waals surface area contributed by atoms with Gasteiger partial charge < -0.3 is 5.11 Å². The maximum Gasteiger partial charge on any atom is 0.148 e. The molecule has 0 fully saturated rings. The van der Waals surface area contributed by atoms with Gasteiger partial charge in [-0.1, -0.05) is 148 Å². The van der Waals surface area contributed by atoms with Crippen molar-refractivity contribution in [2.45, 2.75) is 51.4 Å². The summed E-state index contributed by atoms with van der Waals surface area (Å²) in [5, 5.41) is 12.0. The van der Waals surface area contributed by atoms with Crippen molar-refractivity contribution >= 4 is 11.0 Å². The van der Waals surface area contributed by atoms with Crippen LogP contribution in [-0.4, -0.2) is 19.6 Å². The van der Waals surface area contributed by atoms with Crippen molar-refractivity contribution in [1.29, 1.82) is 0 Å². The molecule has 0 spiro atoms. The molecule has 2 aromatic heterocycles. The van der Waals surface area contributed by atoms with Crippen molar-refractivity contribution in [3.63, 3.8) is 0 Å². The van der Waals surface area contributed by atoms with Crippen LogP contribution in [0, 0.1) is 6.07 Å². The van der Waals surface area contributed by atoms with Crippen LogP contribution in [0.25, 0.3) is 72.7 Å². The SMILES string of the molecule is CC1(C)CCC(C)(C)c2cc(-c3nc4c(-c5[c-]c(-c6ccccn6)cc(-c6ccccc6)c5)cccc4n3-c3ccccc3-c3ccccc3)c(O)cc21.[Pt]. The number of phenolic OH excluding ortho intramolecular Hbond substituents is 1. The van der Waals surface area contributed by atoms with Crippen LogP contribution in [0.3, 0.4) is 0 Å². The number of rotatable bonds is 6. The Labute approximate surface area is 337 Å². The molecule has 0 atom stereocenters. The van der Waals surface area contributed by atoms with Crippen LogP contribution in [0.2, 0.25) is 0 Å². The summed E-state index contributed by atoms with van der Waals surface area (Å²) in [7, 11) is 0. The van der Waals surface area contributed by atoms with Gasteiger partial charge in [-0.3, -0.25) is 9.55 Å². The predicted octanol–water partition coefficient (Wildman–Crippen LogP) is 12.6. The molecule has 1 N–H and O–H groups in total. The number of phenols is 1. The number of nitrogens with zero attached hydrogens (tertiary/aromatic N) is 3. The molecule has 6 aromatic carbocycles. The van der Waals surface area contributed by atoms with E-state index in [1.54, 1.807) is 0 Å². The van der Waals surface area contributed by atoms with Gasteiger partial charge in [0.25, 0.3) is 0 Å². The average molecular weight is 896 g/mol. The third-order valence-corrected chi connectivity index (χ3v) is 11.3. The summed E-state index contributed by atoms with van der Waals surface area (Å²) in [6, 6.07) is 54.1. The smallest absolute Gasteiger partial charge is 0.148 e. The zero-order chi connectivity index (χ0) is 37.0. The van der Waals surface area contributed by atoms with E-state index in [1.807, 2.05) is 42.6 Å². The van der Waals surface area contributed by atoms with Gasteiger partial charge in [-0.05, 0) is 76.3 Å². The van der Waals surface area contributed by atoms with Crippen LogP contribution in [0.15, 0.2) is 152 Å². The van der Waals surface area contributed by atoms with Crippen molar-refractivity contribution < 1.29 is 26.2 Å². The Morgan fingerprint density at radius 3 is 1.91 bits per heavy atom. The monoisotopic (exact) mass is 895 g/mol. The van der Waals surface area contributed by atoms with E-state index in [-0.39, 0.29) is 37.6 Å². The van der Waals surface area contributed by atoms with Crippen molar-refractivity contribution in [2.75, 3.05) is 0 Å². The second kappa shape index (κ2) is 14.3. The fourth-order valence-electron chi connectivity index (χ4n) is 8.23. The number of aromatic hydroxyl groups is 1. The molecule has 0 unspecified atom stereocenters. The first-order valence-electron chi connectivity index (χ1n) is 18.8. The number of para-hydroxylation sites is 2. The molecular weight excluding hydrogens is 854 g/mol. The fourth-order valence-corrected chi connectivity index (χ4v) is 8.23. The van der Waals surface area contributed by atoms with E-state index in [2.05, 4.69) is 148 Å². The molecule has 0 radical (unpaired) electrons. The Balaban J connectivity index is 0.00000427. The summed E-state index contributed by atoms with van der Waals surface area (Å²) >= 11 is 0. The molecule has 1 aliphatic carbocycles. The Morgan fingerprint density at radius 1 is 0.582 bits per heavy atom. The molecule has 2 heterocycles. The van der Waals surface area contributed by atoms with E-state index < -0.39 is 0 Å². The normalized spacial score (nSPS) is 14.3. The number of imidazole rings is 1. The van der Waals surface area contributed by atoms with Gasteiger partial charge in [0.1, 0.15) is 11.6 Å². The van der Waals surface area contributed by atoms with E-state index in [0.717, 1.165) is 79.8 Å². The summed E-state index contributed by atoms with van der Waals surface area (Å²) in [5.74, 6) is 0.939. The second-order valence-electron chi connectivity index (χ2n) is 15.8. The number of pyridine rings is 1. The van der Waals surface area contributed by atoms with Crippen LogP contribution in [0.1, 0.15) is 51.7 Å². The van der Waals surface area contributed by atoms with E-state index in [9.17, 15) is 5.11 Å². The van der Waals surface area contributed by atoms with Crippen molar-refractivity contribution in [1.82, 2.24) is 14.5 Å². The van der Waals surface area contributed by atoms with Gasteiger partial charge in [0.2, 0.25) is 0 Å². The van der Waals surface area contributed by atoms with Gasteiger partial charge in [0.15, 0.2) is 0 Å². The maximum atomic E-state index is 12.0. The second-order valence-corrected chi connectivity index (χ2v) is 15.8. The average Bonchev–Trinajstić information content (AvgIpc) is 3.60. The zero-order valence-electron chi connectivity index (χ0n) is 31.5. The quantitative estimate of drug-likeness (QED) is 0.169. The maximum absolute atomic E-state index is 12.0. The summed E-state index contributed by atoms with van der Waals surface area (Å²) in [5.41, 5.74) is 13.9. The Hall–Kier alpha value is -5.57. The Bertz CT molecular complexity index is 2610. The van der Waals surface area contributed by atoms with E-state index in [1.165, 1.54) is 11.1 Å². The van der Waals surface area contributed by atoms with E-state index in [4.69, 9.17) is 9.97 Å². The first-order valence-corrected chi connectivity index (χ1v) is 18.8. The standard InChI is InChI=1S/C50H42N3O.Pt/c1-49(2)25-26-50(3,4)42-32-46(54)40(31-41(42)49)48-52-47-39(21-15-24-45(47)53(48)44-23-12-11-20-38(44)34-18-9-6-10-19-34)36-28-35(33-16-7-5-8-17-33)29-37(30-36)43-22-13-14-27-51-43;/h5-24,27-29,31-32,54H,25-26H2,1-4H3;/q-1;. The number of aromatic nitrogens is 3. The molecular formula is C50H42N3OPt-. The molecule has 4 nitrogen and oxygen atoms in total. The number of hydrogen-bond donors (Lipinski definition) is 1. The molecule has 0 saturated heterocycles. The minimum atomic E-state index is -0.0496. The predicted molar refractivity (Wildman–Crippen MR) is 222 cm³/mol. The first-order chi connectivity index (χ1) is 26.2. The molecule has 1 aliphatic rings. The number of benzene rings is 6. The molecule has 0 saturated carbocycles. The molecule has 9 rings (SSSR count). The minimum Gasteiger partial charge on any atom is -0.507 e. The van der Waals surface area contributed by atoms with Gasteiger partial charge in [-0.2, -0.15) is 0 Å². The van der Waals surface area contributed by atoms with Crippen molar-refractivity contribution in [3.8, 4) is 67.5 Å². The molecule has 0 bridgehead atoms. The molecule has 0 aliphatic heterocycles. The van der Waals surface area contributed by atoms with Gasteiger partial charge >= 0.3 is 0 Å². The molecule has 8 aromatic rings. The van der Waals surface area contributed by atoms with Crippen LogP contribution in [0.5, 0.6) is 5.75 Å². The summed E-state index contributed by atoms with van der Waals surface area (Å²) in [6.07, 6.45) is 3.96. The zero-order valence-corrected chi connectivity index (χ0v) is 33.7. The van der Waals surface area contributed by atoms with E-state index >= 15 is 0 Å². The fraction of sp³-hybridized carbons (Fsp3) is 0.160. The molecule has 5 heteroatoms. The van der Waals surface area contributed by atoms with Gasteiger partial charge in [0, 0.05) is 38.5 Å². The largest absolute Gasteiger partial charge is 0.507 e. The first kappa shape index (κ1) is 36.4. The van der Waals surface area contributed by atoms with Gasteiger partial charge in [-0.25, -0.2) is 4.98 Å². The third kappa shape index (κ3) is 6.53. The third-order valence-electron chi connectivity index (χ3n) is 11.3. The van der Waals surface area contributed by atoms with Crippen molar-refractivity contribution in [3.05, 3.63) is 169 Å². The number of hydrogen-bond acceptors (Lipinski definition) is 3. The molecule has 0 amide bonds. The molecule has 274 valence electrons. The topological polar surface area (TPSA) is 50.9 Å². The van der Waals surface area contributed by atoms with Gasteiger partial charge in [-0.15, -0.1) is 23.8 Å². The van der Waals surface area contributed by atoms with Crippen LogP contribution >= 0.6 is 0 Å². The Morgan fingerprint density at radius 2 is 1.20 bits per heavy atom. The van der Waals surface area contributed by atoms with Gasteiger partial charge in [0.05, 0.1) is 22.3 Å². The van der Waals surface area contributed by atoms with Crippen LogP contribution in [-0.2, 0) is 31.9 Å². The molecule has 55 heavy (non-hydrogen) atoms. The number of fused-ring (bicyclic) bond motifs is 2. The van der Waals surface area contributed by atoms with Crippen molar-refractivity contribution in [2.24, 2.45) is 0 Å². The van der Waals surface area contributed by atoms with Crippen LogP contribution in [0.4, 0.5) is 0 Å². The summed E-state index contributed by atoms with van der Waals surface area (Å²) in [4.78, 5) is 10.2. The van der Waals surface area contributed by atoms with Crippen LogP contribution < -0.4 is 0 Å².